The molecule has 1 aromatic carbocycles. The van der Waals surface area contributed by atoms with Gasteiger partial charge in [0.1, 0.15) is 5.82 Å². The molecule has 0 aliphatic heterocycles. The van der Waals surface area contributed by atoms with E-state index in [-0.39, 0.29) is 17.9 Å². The first-order valence-electron chi connectivity index (χ1n) is 6.50. The van der Waals surface area contributed by atoms with E-state index in [0.717, 1.165) is 11.1 Å². The molecule has 0 saturated heterocycles. The fourth-order valence-electron chi connectivity index (χ4n) is 2.08. The zero-order chi connectivity index (χ0) is 13.8. The van der Waals surface area contributed by atoms with Crippen LogP contribution in [0.3, 0.4) is 0 Å². The second kappa shape index (κ2) is 5.93. The van der Waals surface area contributed by atoms with Crippen LogP contribution in [-0.4, -0.2) is 4.98 Å². The van der Waals surface area contributed by atoms with Crippen LogP contribution in [0, 0.1) is 12.7 Å². The Morgan fingerprint density at radius 1 is 1.11 bits per heavy atom. The first-order chi connectivity index (χ1) is 9.08. The third kappa shape index (κ3) is 3.38. The van der Waals surface area contributed by atoms with Gasteiger partial charge in [0.25, 0.3) is 0 Å². The van der Waals surface area contributed by atoms with Crippen molar-refractivity contribution in [1.82, 2.24) is 10.3 Å². The van der Waals surface area contributed by atoms with Gasteiger partial charge in [-0.3, -0.25) is 4.98 Å². The van der Waals surface area contributed by atoms with E-state index in [2.05, 4.69) is 17.2 Å². The minimum absolute atomic E-state index is 0.0882. The Hall–Kier alpha value is -1.74. The SMILES string of the molecule is Cc1ccc(C(C)N[C@@H](C)c2cccnc2)cc1F. The van der Waals surface area contributed by atoms with E-state index in [4.69, 9.17) is 0 Å². The van der Waals surface area contributed by atoms with Crippen LogP contribution in [-0.2, 0) is 0 Å². The van der Waals surface area contributed by atoms with Crippen molar-refractivity contribution < 1.29 is 4.39 Å². The summed E-state index contributed by atoms with van der Waals surface area (Å²) in [5.74, 6) is -0.153. The van der Waals surface area contributed by atoms with Crippen molar-refractivity contribution in [2.24, 2.45) is 0 Å². The number of benzene rings is 1. The molecule has 0 aliphatic rings. The molecular formula is C16H19FN2. The molecule has 1 heterocycles. The number of hydrogen-bond acceptors (Lipinski definition) is 2. The number of aromatic nitrogens is 1. The molecule has 1 aromatic heterocycles. The number of nitrogens with one attached hydrogen (secondary N) is 1. The van der Waals surface area contributed by atoms with Crippen LogP contribution < -0.4 is 5.32 Å². The number of rotatable bonds is 4. The number of halogens is 1. The van der Waals surface area contributed by atoms with Gasteiger partial charge >= 0.3 is 0 Å². The first-order valence-corrected chi connectivity index (χ1v) is 6.50. The van der Waals surface area contributed by atoms with Crippen molar-refractivity contribution in [2.75, 3.05) is 0 Å². The maximum Gasteiger partial charge on any atom is 0.126 e. The molecule has 0 fully saturated rings. The normalized spacial score (nSPS) is 14.1. The zero-order valence-corrected chi connectivity index (χ0v) is 11.5. The highest BCUT2D eigenvalue weighted by atomic mass is 19.1. The summed E-state index contributed by atoms with van der Waals surface area (Å²) in [5, 5.41) is 3.45. The topological polar surface area (TPSA) is 24.9 Å². The zero-order valence-electron chi connectivity index (χ0n) is 11.5. The maximum absolute atomic E-state index is 13.6. The highest BCUT2D eigenvalue weighted by Gasteiger charge is 2.12. The Bertz CT molecular complexity index is 540. The van der Waals surface area contributed by atoms with E-state index in [9.17, 15) is 4.39 Å². The van der Waals surface area contributed by atoms with Crippen molar-refractivity contribution >= 4 is 0 Å². The summed E-state index contributed by atoms with van der Waals surface area (Å²) in [5.41, 5.74) is 2.76. The first kappa shape index (κ1) is 13.7. The average Bonchev–Trinajstić information content (AvgIpc) is 2.42. The van der Waals surface area contributed by atoms with Gasteiger partial charge in [-0.2, -0.15) is 0 Å². The summed E-state index contributed by atoms with van der Waals surface area (Å²) >= 11 is 0. The van der Waals surface area contributed by atoms with Gasteiger partial charge in [-0.15, -0.1) is 0 Å². The number of nitrogens with zero attached hydrogens (tertiary/aromatic N) is 1. The van der Waals surface area contributed by atoms with Gasteiger partial charge in [-0.1, -0.05) is 18.2 Å². The Kier molecular flexibility index (Phi) is 4.27. The lowest BCUT2D eigenvalue weighted by Crippen LogP contribution is -2.22. The second-order valence-corrected chi connectivity index (χ2v) is 4.91. The van der Waals surface area contributed by atoms with E-state index < -0.39 is 0 Å². The fraction of sp³-hybridized carbons (Fsp3) is 0.312. The molecule has 2 nitrogen and oxygen atoms in total. The van der Waals surface area contributed by atoms with Crippen molar-refractivity contribution in [2.45, 2.75) is 32.9 Å². The third-order valence-corrected chi connectivity index (χ3v) is 3.38. The van der Waals surface area contributed by atoms with Gasteiger partial charge in [0.15, 0.2) is 0 Å². The van der Waals surface area contributed by atoms with Crippen LogP contribution in [0.5, 0.6) is 0 Å². The Balaban J connectivity index is 2.08. The molecule has 3 heteroatoms. The highest BCUT2D eigenvalue weighted by Crippen LogP contribution is 2.20. The quantitative estimate of drug-likeness (QED) is 0.898. The van der Waals surface area contributed by atoms with Gasteiger partial charge < -0.3 is 5.32 Å². The van der Waals surface area contributed by atoms with Gasteiger partial charge in [-0.05, 0) is 49.6 Å². The largest absolute Gasteiger partial charge is 0.304 e. The van der Waals surface area contributed by atoms with E-state index >= 15 is 0 Å². The van der Waals surface area contributed by atoms with Crippen molar-refractivity contribution in [1.29, 1.82) is 0 Å². The average molecular weight is 258 g/mol. The minimum Gasteiger partial charge on any atom is -0.304 e. The molecule has 0 saturated carbocycles. The molecule has 0 aliphatic carbocycles. The molecule has 2 aromatic rings. The van der Waals surface area contributed by atoms with Crippen LogP contribution in [0.1, 0.15) is 42.6 Å². The van der Waals surface area contributed by atoms with E-state index in [1.165, 1.54) is 0 Å². The third-order valence-electron chi connectivity index (χ3n) is 3.38. The molecule has 1 N–H and O–H groups in total. The monoisotopic (exact) mass is 258 g/mol. The lowest BCUT2D eigenvalue weighted by molar-refractivity contribution is 0.490. The Morgan fingerprint density at radius 2 is 1.84 bits per heavy atom. The van der Waals surface area contributed by atoms with Gasteiger partial charge in [-0.25, -0.2) is 4.39 Å². The smallest absolute Gasteiger partial charge is 0.126 e. The van der Waals surface area contributed by atoms with Crippen molar-refractivity contribution in [3.63, 3.8) is 0 Å². The van der Waals surface area contributed by atoms with Crippen LogP contribution in [0.15, 0.2) is 42.7 Å². The molecule has 2 rings (SSSR count). The number of hydrogen-bond donors (Lipinski definition) is 1. The van der Waals surface area contributed by atoms with Crippen molar-refractivity contribution in [3.05, 3.63) is 65.2 Å². The Labute approximate surface area is 113 Å². The van der Waals surface area contributed by atoms with Crippen LogP contribution in [0.2, 0.25) is 0 Å². The summed E-state index contributed by atoms with van der Waals surface area (Å²) < 4.78 is 13.6. The Morgan fingerprint density at radius 3 is 2.47 bits per heavy atom. The van der Waals surface area contributed by atoms with Gasteiger partial charge in [0.05, 0.1) is 0 Å². The van der Waals surface area contributed by atoms with Crippen molar-refractivity contribution in [3.8, 4) is 0 Å². The van der Waals surface area contributed by atoms with Crippen LogP contribution in [0.4, 0.5) is 4.39 Å². The van der Waals surface area contributed by atoms with Crippen LogP contribution in [0.25, 0.3) is 0 Å². The molecule has 0 bridgehead atoms. The predicted octanol–water partition coefficient (Wildman–Crippen LogP) is 3.94. The molecule has 19 heavy (non-hydrogen) atoms. The number of aryl methyl sites for hydroxylation is 1. The number of pyridine rings is 1. The fourth-order valence-corrected chi connectivity index (χ4v) is 2.08. The van der Waals surface area contributed by atoms with E-state index in [1.54, 1.807) is 19.2 Å². The summed E-state index contributed by atoms with van der Waals surface area (Å²) in [4.78, 5) is 4.11. The molecule has 1 unspecified atom stereocenters. The second-order valence-electron chi connectivity index (χ2n) is 4.91. The lowest BCUT2D eigenvalue weighted by atomic mass is 10.0. The summed E-state index contributed by atoms with van der Waals surface area (Å²) in [6, 6.07) is 9.60. The molecule has 0 amide bonds. The highest BCUT2D eigenvalue weighted by molar-refractivity contribution is 5.26. The molecular weight excluding hydrogens is 239 g/mol. The summed E-state index contributed by atoms with van der Waals surface area (Å²) in [6.07, 6.45) is 3.61. The molecule has 100 valence electrons. The molecule has 0 radical (unpaired) electrons. The van der Waals surface area contributed by atoms with E-state index in [1.807, 2.05) is 37.4 Å². The van der Waals surface area contributed by atoms with Crippen LogP contribution >= 0.6 is 0 Å². The minimum atomic E-state index is -0.153. The standard InChI is InChI=1S/C16H19FN2/c1-11-6-7-14(9-16(11)17)12(2)19-13(3)15-5-4-8-18-10-15/h4-10,12-13,19H,1-3H3/t12?,13-/m0/s1. The molecule has 0 spiro atoms. The summed E-state index contributed by atoms with van der Waals surface area (Å²) in [7, 11) is 0. The molecule has 2 atom stereocenters. The van der Waals surface area contributed by atoms with E-state index in [0.29, 0.717) is 5.56 Å². The lowest BCUT2D eigenvalue weighted by Gasteiger charge is -2.20. The predicted molar refractivity (Wildman–Crippen MR) is 75.3 cm³/mol. The van der Waals surface area contributed by atoms with Gasteiger partial charge in [0, 0.05) is 24.5 Å². The maximum atomic E-state index is 13.6. The van der Waals surface area contributed by atoms with Gasteiger partial charge in [0.2, 0.25) is 0 Å². The summed E-state index contributed by atoms with van der Waals surface area (Å²) in [6.45, 7) is 5.89.